The van der Waals surface area contributed by atoms with E-state index < -0.39 is 23.7 Å². The van der Waals surface area contributed by atoms with E-state index in [0.717, 1.165) is 12.1 Å². The lowest BCUT2D eigenvalue weighted by Gasteiger charge is -2.08. The molecule has 1 rings (SSSR count). The van der Waals surface area contributed by atoms with E-state index in [1.54, 1.807) is 0 Å². The molecule has 0 unspecified atom stereocenters. The van der Waals surface area contributed by atoms with Gasteiger partial charge < -0.3 is 21.5 Å². The van der Waals surface area contributed by atoms with Crippen LogP contribution in [0, 0.1) is 5.82 Å². The van der Waals surface area contributed by atoms with Crippen molar-refractivity contribution in [3.63, 3.8) is 0 Å². The van der Waals surface area contributed by atoms with Crippen LogP contribution in [0.4, 0.5) is 14.9 Å². The van der Waals surface area contributed by atoms with Crippen molar-refractivity contribution in [1.29, 1.82) is 0 Å². The molecule has 1 aromatic rings. The molecule has 0 bridgehead atoms. The van der Waals surface area contributed by atoms with Gasteiger partial charge in [0.25, 0.3) is 0 Å². The Labute approximate surface area is 114 Å². The molecule has 0 spiro atoms. The number of primary amides is 1. The number of carboxylic acids is 1. The summed E-state index contributed by atoms with van der Waals surface area (Å²) in [7, 11) is 0. The van der Waals surface area contributed by atoms with Crippen molar-refractivity contribution < 1.29 is 23.9 Å². The number of urea groups is 1. The Morgan fingerprint density at radius 3 is 2.55 bits per heavy atom. The Hall–Kier alpha value is -2.64. The second kappa shape index (κ2) is 7.07. The third kappa shape index (κ3) is 4.92. The Morgan fingerprint density at radius 2 is 2.00 bits per heavy atom. The summed E-state index contributed by atoms with van der Waals surface area (Å²) in [5.74, 6) is -2.58. The summed E-state index contributed by atoms with van der Waals surface area (Å²) in [5.41, 5.74) is 4.58. The van der Waals surface area contributed by atoms with Gasteiger partial charge in [-0.05, 0) is 24.6 Å². The molecule has 0 aliphatic heterocycles. The molecule has 0 aliphatic carbocycles. The van der Waals surface area contributed by atoms with Crippen LogP contribution in [0.2, 0.25) is 0 Å². The maximum atomic E-state index is 13.5. The molecule has 5 N–H and O–H groups in total. The molecule has 0 atom stereocenters. The summed E-state index contributed by atoms with van der Waals surface area (Å²) in [4.78, 5) is 32.5. The number of amides is 3. The first kappa shape index (κ1) is 15.4. The van der Waals surface area contributed by atoms with E-state index >= 15 is 0 Å². The molecule has 0 saturated heterocycles. The van der Waals surface area contributed by atoms with Crippen molar-refractivity contribution in [1.82, 2.24) is 5.32 Å². The van der Waals surface area contributed by atoms with Crippen molar-refractivity contribution in [2.45, 2.75) is 12.8 Å². The number of nitrogens with two attached hydrogens (primary N) is 1. The van der Waals surface area contributed by atoms with Crippen LogP contribution in [0.3, 0.4) is 0 Å². The van der Waals surface area contributed by atoms with Gasteiger partial charge in [0.15, 0.2) is 0 Å². The Kier molecular flexibility index (Phi) is 5.45. The van der Waals surface area contributed by atoms with Crippen molar-refractivity contribution in [3.8, 4) is 0 Å². The highest BCUT2D eigenvalue weighted by molar-refractivity contribution is 5.91. The molecule has 108 valence electrons. The predicted octanol–water partition coefficient (Wildman–Crippen LogP) is 0.911. The third-order valence-corrected chi connectivity index (χ3v) is 2.35. The van der Waals surface area contributed by atoms with E-state index in [9.17, 15) is 18.8 Å². The Morgan fingerprint density at radius 1 is 1.30 bits per heavy atom. The topological polar surface area (TPSA) is 122 Å². The standard InChI is InChI=1S/C12H14FN3O4/c13-8-6-7(11(18)19)3-4-9(8)16-12(20)15-5-1-2-10(14)17/h3-4,6H,1-2,5H2,(H2,14,17)(H,18,19)(H2,15,16,20). The van der Waals surface area contributed by atoms with Gasteiger partial charge in [0.1, 0.15) is 5.82 Å². The lowest BCUT2D eigenvalue weighted by molar-refractivity contribution is -0.118. The number of carboxylic acid groups (broad SMARTS) is 1. The normalized spacial score (nSPS) is 9.85. The summed E-state index contributed by atoms with van der Waals surface area (Å²) < 4.78 is 13.5. The van der Waals surface area contributed by atoms with Crippen molar-refractivity contribution in [2.24, 2.45) is 5.73 Å². The highest BCUT2D eigenvalue weighted by Crippen LogP contribution is 2.15. The van der Waals surface area contributed by atoms with Gasteiger partial charge in [-0.1, -0.05) is 0 Å². The van der Waals surface area contributed by atoms with Crippen LogP contribution in [0.5, 0.6) is 0 Å². The fraction of sp³-hybridized carbons (Fsp3) is 0.250. The SMILES string of the molecule is NC(=O)CCCNC(=O)Nc1ccc(C(=O)O)cc1F. The van der Waals surface area contributed by atoms with E-state index in [4.69, 9.17) is 10.8 Å². The summed E-state index contributed by atoms with van der Waals surface area (Å²) in [6.45, 7) is 0.212. The van der Waals surface area contributed by atoms with Crippen molar-refractivity contribution in [3.05, 3.63) is 29.6 Å². The average molecular weight is 283 g/mol. The second-order valence-electron chi connectivity index (χ2n) is 3.95. The Balaban J connectivity index is 2.50. The number of carbonyl (C=O) groups is 3. The molecule has 8 heteroatoms. The minimum atomic E-state index is -1.26. The third-order valence-electron chi connectivity index (χ3n) is 2.35. The maximum Gasteiger partial charge on any atom is 0.335 e. The highest BCUT2D eigenvalue weighted by atomic mass is 19.1. The molecule has 20 heavy (non-hydrogen) atoms. The Bertz CT molecular complexity index is 533. The molecule has 0 aromatic heterocycles. The van der Waals surface area contributed by atoms with Gasteiger partial charge in [-0.3, -0.25) is 4.79 Å². The number of aromatic carboxylic acids is 1. The first-order valence-corrected chi connectivity index (χ1v) is 5.76. The zero-order valence-corrected chi connectivity index (χ0v) is 10.5. The number of carbonyl (C=O) groups excluding carboxylic acids is 2. The first-order chi connectivity index (χ1) is 9.40. The largest absolute Gasteiger partial charge is 0.478 e. The van der Waals surface area contributed by atoms with Gasteiger partial charge in [0.2, 0.25) is 5.91 Å². The zero-order valence-electron chi connectivity index (χ0n) is 10.5. The minimum Gasteiger partial charge on any atom is -0.478 e. The average Bonchev–Trinajstić information content (AvgIpc) is 2.36. The molecular weight excluding hydrogens is 269 g/mol. The van der Waals surface area contributed by atoms with Gasteiger partial charge in [0, 0.05) is 13.0 Å². The van der Waals surface area contributed by atoms with E-state index in [2.05, 4.69) is 10.6 Å². The summed E-state index contributed by atoms with van der Waals surface area (Å²) in [6, 6.07) is 2.48. The number of hydrogen-bond acceptors (Lipinski definition) is 3. The molecule has 1 aromatic carbocycles. The van der Waals surface area contributed by atoms with Gasteiger partial charge >= 0.3 is 12.0 Å². The van der Waals surface area contributed by atoms with Crippen LogP contribution in [-0.4, -0.2) is 29.6 Å². The first-order valence-electron chi connectivity index (χ1n) is 5.76. The van der Waals surface area contributed by atoms with Crippen LogP contribution in [0.1, 0.15) is 23.2 Å². The highest BCUT2D eigenvalue weighted by Gasteiger charge is 2.10. The number of benzene rings is 1. The lowest BCUT2D eigenvalue weighted by atomic mass is 10.2. The van der Waals surface area contributed by atoms with Crippen LogP contribution in [-0.2, 0) is 4.79 Å². The monoisotopic (exact) mass is 283 g/mol. The van der Waals surface area contributed by atoms with Gasteiger partial charge in [-0.25, -0.2) is 14.0 Å². The summed E-state index contributed by atoms with van der Waals surface area (Å²) in [6.07, 6.45) is 0.519. The summed E-state index contributed by atoms with van der Waals surface area (Å²) >= 11 is 0. The van der Waals surface area contributed by atoms with Crippen LogP contribution in [0.25, 0.3) is 0 Å². The summed E-state index contributed by atoms with van der Waals surface area (Å²) in [5, 5.41) is 13.3. The molecule has 0 saturated carbocycles. The van der Waals surface area contributed by atoms with E-state index in [0.29, 0.717) is 6.42 Å². The second-order valence-corrected chi connectivity index (χ2v) is 3.95. The number of rotatable bonds is 6. The fourth-order valence-electron chi connectivity index (χ4n) is 1.38. The number of nitrogens with one attached hydrogen (secondary N) is 2. The molecule has 3 amide bonds. The van der Waals surface area contributed by atoms with Crippen LogP contribution >= 0.6 is 0 Å². The fourth-order valence-corrected chi connectivity index (χ4v) is 1.38. The van der Waals surface area contributed by atoms with Crippen LogP contribution in [0.15, 0.2) is 18.2 Å². The molecule has 0 fully saturated rings. The molecule has 7 nitrogen and oxygen atoms in total. The zero-order chi connectivity index (χ0) is 15.1. The van der Waals surface area contributed by atoms with Crippen LogP contribution < -0.4 is 16.4 Å². The number of anilines is 1. The smallest absolute Gasteiger partial charge is 0.335 e. The van der Waals surface area contributed by atoms with Crippen molar-refractivity contribution >= 4 is 23.6 Å². The van der Waals surface area contributed by atoms with Gasteiger partial charge in [0.05, 0.1) is 11.3 Å². The van der Waals surface area contributed by atoms with Gasteiger partial charge in [-0.15, -0.1) is 0 Å². The predicted molar refractivity (Wildman–Crippen MR) is 68.8 cm³/mol. The quantitative estimate of drug-likeness (QED) is 0.580. The maximum absolute atomic E-state index is 13.5. The minimum absolute atomic E-state index is 0.137. The number of hydrogen-bond donors (Lipinski definition) is 4. The molecule has 0 aliphatic rings. The van der Waals surface area contributed by atoms with E-state index in [1.165, 1.54) is 6.07 Å². The van der Waals surface area contributed by atoms with E-state index in [-0.39, 0.29) is 24.2 Å². The van der Waals surface area contributed by atoms with Crippen molar-refractivity contribution in [2.75, 3.05) is 11.9 Å². The van der Waals surface area contributed by atoms with E-state index in [1.807, 2.05) is 0 Å². The molecule has 0 heterocycles. The lowest BCUT2D eigenvalue weighted by Crippen LogP contribution is -2.30. The van der Waals surface area contributed by atoms with Gasteiger partial charge in [-0.2, -0.15) is 0 Å². The molecular formula is C12H14FN3O4. The number of halogens is 1. The molecule has 0 radical (unpaired) electrons.